The number of halogens is 2. The minimum absolute atomic E-state index is 0.0544. The first-order valence-electron chi connectivity index (χ1n) is 3.14. The maximum absolute atomic E-state index is 11.1. The van der Waals surface area contributed by atoms with Crippen LogP contribution in [-0.4, -0.2) is 15.8 Å². The molecule has 0 aromatic carbocycles. The average Bonchev–Trinajstić information content (AvgIpc) is 2.12. The third-order valence-electron chi connectivity index (χ3n) is 2.25. The van der Waals surface area contributed by atoms with E-state index >= 15 is 0 Å². The molecule has 0 N–H and O–H groups in total. The normalized spacial score (nSPS) is 42.0. The number of rotatable bonds is 0. The van der Waals surface area contributed by atoms with Crippen LogP contribution in [0.5, 0.6) is 0 Å². The van der Waals surface area contributed by atoms with E-state index in [1.165, 1.54) is 0 Å². The van der Waals surface area contributed by atoms with Crippen LogP contribution in [0.1, 0.15) is 12.8 Å². The molecule has 2 fully saturated rings. The van der Waals surface area contributed by atoms with Crippen molar-refractivity contribution in [2.45, 2.75) is 16.1 Å². The monoisotopic (exact) mass is 268 g/mol. The van der Waals surface area contributed by atoms with Crippen LogP contribution < -0.4 is 0 Å². The predicted molar refractivity (Wildman–Crippen MR) is 43.2 cm³/mol. The lowest BCUT2D eigenvalue weighted by molar-refractivity contribution is -0.142. The van der Waals surface area contributed by atoms with Gasteiger partial charge >= 0.3 is 5.97 Å². The van der Waals surface area contributed by atoms with E-state index in [1.807, 2.05) is 0 Å². The Balaban J connectivity index is 2.27. The number of esters is 1. The van der Waals surface area contributed by atoms with Crippen LogP contribution in [0.3, 0.4) is 0 Å². The molecule has 1 heterocycles. The molecule has 1 aliphatic carbocycles. The second-order valence-electron chi connectivity index (χ2n) is 2.85. The van der Waals surface area contributed by atoms with Crippen LogP contribution in [0.25, 0.3) is 0 Å². The molecule has 0 radical (unpaired) electrons. The van der Waals surface area contributed by atoms with Crippen molar-refractivity contribution in [1.29, 1.82) is 0 Å². The smallest absolute Gasteiger partial charge is 0.314 e. The Bertz CT molecular complexity index is 198. The fraction of sp³-hybridized carbons (Fsp3) is 0.833. The van der Waals surface area contributed by atoms with Gasteiger partial charge in [-0.2, -0.15) is 0 Å². The van der Waals surface area contributed by atoms with Gasteiger partial charge in [0.05, 0.1) is 15.3 Å². The Morgan fingerprint density at radius 3 is 2.30 bits per heavy atom. The highest BCUT2D eigenvalue weighted by Crippen LogP contribution is 2.70. The zero-order valence-electron chi connectivity index (χ0n) is 5.19. The van der Waals surface area contributed by atoms with Gasteiger partial charge in [-0.15, -0.1) is 0 Å². The van der Waals surface area contributed by atoms with Gasteiger partial charge < -0.3 is 4.74 Å². The van der Waals surface area contributed by atoms with E-state index in [4.69, 9.17) is 4.74 Å². The fourth-order valence-corrected chi connectivity index (χ4v) is 3.06. The Morgan fingerprint density at radius 2 is 2.10 bits per heavy atom. The first kappa shape index (κ1) is 7.10. The molecule has 2 nitrogen and oxygen atoms in total. The number of alkyl halides is 2. The average molecular weight is 270 g/mol. The van der Waals surface area contributed by atoms with Crippen LogP contribution in [0.4, 0.5) is 0 Å². The molecule has 0 amide bonds. The third kappa shape index (κ3) is 0.666. The van der Waals surface area contributed by atoms with Gasteiger partial charge in [0.25, 0.3) is 0 Å². The van der Waals surface area contributed by atoms with Gasteiger partial charge in [0.15, 0.2) is 0 Å². The molecule has 10 heavy (non-hydrogen) atoms. The van der Waals surface area contributed by atoms with Crippen molar-refractivity contribution in [2.75, 3.05) is 6.61 Å². The molecule has 0 aromatic heterocycles. The van der Waals surface area contributed by atoms with E-state index in [1.54, 1.807) is 0 Å². The van der Waals surface area contributed by atoms with Gasteiger partial charge in [-0.05, 0) is 12.8 Å². The number of hydrogen-bond acceptors (Lipinski definition) is 2. The fourth-order valence-electron chi connectivity index (χ4n) is 1.39. The largest absolute Gasteiger partial charge is 0.465 e. The molecule has 2 aliphatic rings. The van der Waals surface area contributed by atoms with Gasteiger partial charge in [0.2, 0.25) is 0 Å². The van der Waals surface area contributed by atoms with Gasteiger partial charge in [-0.25, -0.2) is 0 Å². The third-order valence-corrected chi connectivity index (χ3v) is 4.33. The molecule has 56 valence electrons. The molecule has 1 saturated carbocycles. The maximum atomic E-state index is 11.1. The molecule has 4 heteroatoms. The molecular formula is C6H6Br2O2. The summed E-state index contributed by atoms with van der Waals surface area (Å²) in [6.45, 7) is 0.581. The summed E-state index contributed by atoms with van der Waals surface area (Å²) in [5, 5.41) is 0. The molecule has 1 atom stereocenters. The molecule has 1 spiro atoms. The van der Waals surface area contributed by atoms with Gasteiger partial charge in [-0.3, -0.25) is 4.79 Å². The van der Waals surface area contributed by atoms with E-state index in [2.05, 4.69) is 31.9 Å². The molecule has 0 aromatic rings. The van der Waals surface area contributed by atoms with Crippen molar-refractivity contribution >= 4 is 37.8 Å². The van der Waals surface area contributed by atoms with Crippen LogP contribution >= 0.6 is 31.9 Å². The molecule has 0 bridgehead atoms. The second kappa shape index (κ2) is 1.78. The number of cyclic esters (lactones) is 1. The van der Waals surface area contributed by atoms with Crippen LogP contribution in [0.15, 0.2) is 0 Å². The highest BCUT2D eigenvalue weighted by atomic mass is 79.9. The Kier molecular flexibility index (Phi) is 1.26. The molecule has 1 aliphatic heterocycles. The zero-order valence-corrected chi connectivity index (χ0v) is 8.37. The van der Waals surface area contributed by atoms with Gasteiger partial charge in [0, 0.05) is 0 Å². The highest BCUT2D eigenvalue weighted by molar-refractivity contribution is 9.25. The van der Waals surface area contributed by atoms with E-state index in [9.17, 15) is 4.79 Å². The van der Waals surface area contributed by atoms with Crippen molar-refractivity contribution in [3.63, 3.8) is 0 Å². The standard InChI is InChI=1S/C6H6Br2O2/c7-6(8)3-5(6)1-2-10-4(5)9/h1-3H2. The Hall–Kier alpha value is 0.430. The highest BCUT2D eigenvalue weighted by Gasteiger charge is 2.72. The lowest BCUT2D eigenvalue weighted by Gasteiger charge is -2.02. The summed E-state index contributed by atoms with van der Waals surface area (Å²) >= 11 is 6.85. The van der Waals surface area contributed by atoms with E-state index in [0.29, 0.717) is 6.61 Å². The summed E-state index contributed by atoms with van der Waals surface area (Å²) in [6.07, 6.45) is 1.71. The summed E-state index contributed by atoms with van der Waals surface area (Å²) in [7, 11) is 0. The van der Waals surface area contributed by atoms with Crippen molar-refractivity contribution in [2.24, 2.45) is 5.41 Å². The summed E-state index contributed by atoms with van der Waals surface area (Å²) < 4.78 is 4.72. The van der Waals surface area contributed by atoms with E-state index in [-0.39, 0.29) is 14.6 Å². The first-order chi connectivity index (χ1) is 4.58. The van der Waals surface area contributed by atoms with Crippen LogP contribution in [0, 0.1) is 5.41 Å². The van der Waals surface area contributed by atoms with Crippen molar-refractivity contribution < 1.29 is 9.53 Å². The van der Waals surface area contributed by atoms with Crippen LogP contribution in [0.2, 0.25) is 0 Å². The molecule has 2 rings (SSSR count). The number of carbonyl (C=O) groups is 1. The van der Waals surface area contributed by atoms with Crippen molar-refractivity contribution in [3.8, 4) is 0 Å². The summed E-state index contributed by atoms with van der Waals surface area (Å²) in [5.41, 5.74) is -0.229. The number of ether oxygens (including phenoxy) is 1. The van der Waals surface area contributed by atoms with Gasteiger partial charge in [0.1, 0.15) is 0 Å². The van der Waals surface area contributed by atoms with Crippen molar-refractivity contribution in [1.82, 2.24) is 0 Å². The summed E-state index contributed by atoms with van der Waals surface area (Å²) in [6, 6.07) is 0. The number of hydrogen-bond donors (Lipinski definition) is 0. The minimum atomic E-state index is -0.229. The SMILES string of the molecule is O=C1OCCC12CC2(Br)Br. The number of carbonyl (C=O) groups excluding carboxylic acids is 1. The zero-order chi connectivity index (χ0) is 7.41. The topological polar surface area (TPSA) is 26.3 Å². The Morgan fingerprint density at radius 1 is 1.50 bits per heavy atom. The summed E-state index contributed by atoms with van der Waals surface area (Å²) in [5.74, 6) is -0.0544. The van der Waals surface area contributed by atoms with E-state index < -0.39 is 0 Å². The molecule has 1 saturated heterocycles. The van der Waals surface area contributed by atoms with Crippen LogP contribution in [-0.2, 0) is 9.53 Å². The quantitative estimate of drug-likeness (QED) is 0.495. The predicted octanol–water partition coefficient (Wildman–Crippen LogP) is 1.81. The van der Waals surface area contributed by atoms with E-state index in [0.717, 1.165) is 12.8 Å². The summed E-state index contributed by atoms with van der Waals surface area (Å²) in [4.78, 5) is 11.1. The maximum Gasteiger partial charge on any atom is 0.314 e. The molecule has 1 unspecified atom stereocenters. The Labute approximate surface area is 75.6 Å². The molecular weight excluding hydrogens is 264 g/mol. The van der Waals surface area contributed by atoms with Crippen molar-refractivity contribution in [3.05, 3.63) is 0 Å². The second-order valence-corrected chi connectivity index (χ2v) is 6.62. The minimum Gasteiger partial charge on any atom is -0.465 e. The lowest BCUT2D eigenvalue weighted by Crippen LogP contribution is -2.14. The lowest BCUT2D eigenvalue weighted by atomic mass is 10.1. The van der Waals surface area contributed by atoms with Gasteiger partial charge in [-0.1, -0.05) is 31.9 Å². The first-order valence-corrected chi connectivity index (χ1v) is 4.72.